The normalized spacial score (nSPS) is 13.8. The number of sulfonamides is 1. The van der Waals surface area contributed by atoms with Crippen molar-refractivity contribution >= 4 is 44.9 Å². The lowest BCUT2D eigenvalue weighted by Crippen LogP contribution is -2.35. The Morgan fingerprint density at radius 3 is 2.62 bits per heavy atom. The van der Waals surface area contributed by atoms with Crippen molar-refractivity contribution < 1.29 is 18.0 Å². The zero-order valence-corrected chi connectivity index (χ0v) is 17.7. The highest BCUT2D eigenvalue weighted by molar-refractivity contribution is 7.89. The van der Waals surface area contributed by atoms with E-state index in [4.69, 9.17) is 11.6 Å². The van der Waals surface area contributed by atoms with Gasteiger partial charge >= 0.3 is 6.03 Å². The number of nitrogens with one attached hydrogen (secondary N) is 3. The van der Waals surface area contributed by atoms with Gasteiger partial charge in [-0.2, -0.15) is 0 Å². The van der Waals surface area contributed by atoms with Crippen molar-refractivity contribution in [2.45, 2.75) is 31.3 Å². The smallest absolute Gasteiger partial charge is 0.321 e. The van der Waals surface area contributed by atoms with Gasteiger partial charge in [-0.1, -0.05) is 17.7 Å². The number of fused-ring (bicyclic) bond motifs is 1. The fraction of sp³-hybridized carbons (Fsp3) is 0.263. The van der Waals surface area contributed by atoms with Crippen molar-refractivity contribution in [2.24, 2.45) is 0 Å². The van der Waals surface area contributed by atoms with Crippen molar-refractivity contribution in [2.75, 3.05) is 17.7 Å². The predicted octanol–water partition coefficient (Wildman–Crippen LogP) is 3.26. The molecule has 2 aromatic rings. The molecule has 0 aliphatic carbocycles. The molecule has 154 valence electrons. The van der Waals surface area contributed by atoms with Crippen molar-refractivity contribution in [1.82, 2.24) is 9.62 Å². The number of carbonyl (C=O) groups is 2. The molecule has 1 heterocycles. The zero-order chi connectivity index (χ0) is 21.3. The number of carbonyl (C=O) groups excluding carboxylic acids is 2. The maximum Gasteiger partial charge on any atom is 0.321 e. The van der Waals surface area contributed by atoms with E-state index in [-0.39, 0.29) is 27.6 Å². The minimum Gasteiger partial charge on any atom is -0.323 e. The monoisotopic (exact) mass is 436 g/mol. The molecule has 1 aliphatic heterocycles. The summed E-state index contributed by atoms with van der Waals surface area (Å²) in [7, 11) is -2.08. The third-order valence-corrected chi connectivity index (χ3v) is 6.23. The molecule has 0 aromatic heterocycles. The van der Waals surface area contributed by atoms with Crippen molar-refractivity contribution in [3.05, 3.63) is 52.5 Å². The van der Waals surface area contributed by atoms with Gasteiger partial charge in [0.1, 0.15) is 0 Å². The topological polar surface area (TPSA) is 108 Å². The second-order valence-electron chi connectivity index (χ2n) is 7.03. The highest BCUT2D eigenvalue weighted by Gasteiger charge is 2.22. The minimum absolute atomic E-state index is 0.0276. The third-order valence-electron chi connectivity index (χ3n) is 4.25. The Morgan fingerprint density at radius 2 is 1.93 bits per heavy atom. The Bertz CT molecular complexity index is 1090. The molecule has 0 atom stereocenters. The van der Waals surface area contributed by atoms with Crippen LogP contribution in [-0.4, -0.2) is 38.3 Å². The van der Waals surface area contributed by atoms with Crippen LogP contribution >= 0.6 is 11.6 Å². The van der Waals surface area contributed by atoms with Crippen LogP contribution in [-0.2, 0) is 16.6 Å². The van der Waals surface area contributed by atoms with Gasteiger partial charge in [0.15, 0.2) is 0 Å². The van der Waals surface area contributed by atoms with Gasteiger partial charge in [-0.05, 0) is 49.7 Å². The molecule has 8 nitrogen and oxygen atoms in total. The van der Waals surface area contributed by atoms with Gasteiger partial charge in [-0.25, -0.2) is 17.9 Å². The van der Waals surface area contributed by atoms with E-state index in [1.807, 2.05) is 0 Å². The Balaban J connectivity index is 1.85. The lowest BCUT2D eigenvalue weighted by atomic mass is 10.1. The van der Waals surface area contributed by atoms with Gasteiger partial charge in [0.2, 0.25) is 10.0 Å². The van der Waals surface area contributed by atoms with Crippen molar-refractivity contribution in [3.8, 4) is 0 Å². The first-order valence-electron chi connectivity index (χ1n) is 8.85. The first kappa shape index (κ1) is 21.1. The molecule has 10 heteroatoms. The molecule has 29 heavy (non-hydrogen) atoms. The number of rotatable bonds is 5. The summed E-state index contributed by atoms with van der Waals surface area (Å²) in [6.45, 7) is 3.87. The van der Waals surface area contributed by atoms with Crippen LogP contribution in [0.4, 0.5) is 16.2 Å². The largest absolute Gasteiger partial charge is 0.323 e. The number of hydrogen-bond acceptors (Lipinski definition) is 4. The number of halogens is 1. The van der Waals surface area contributed by atoms with E-state index in [9.17, 15) is 18.0 Å². The van der Waals surface area contributed by atoms with Gasteiger partial charge in [0.05, 0.1) is 15.5 Å². The van der Waals surface area contributed by atoms with Crippen LogP contribution in [0.3, 0.4) is 0 Å². The summed E-state index contributed by atoms with van der Waals surface area (Å²) in [6, 6.07) is 8.57. The minimum atomic E-state index is -3.77. The summed E-state index contributed by atoms with van der Waals surface area (Å²) < 4.78 is 27.2. The van der Waals surface area contributed by atoms with E-state index >= 15 is 0 Å². The molecular weight excluding hydrogens is 416 g/mol. The average molecular weight is 437 g/mol. The fourth-order valence-corrected chi connectivity index (χ4v) is 4.35. The van der Waals surface area contributed by atoms with E-state index in [0.29, 0.717) is 17.9 Å². The van der Waals surface area contributed by atoms with Gasteiger partial charge in [0, 0.05) is 31.0 Å². The summed E-state index contributed by atoms with van der Waals surface area (Å²) in [5.41, 5.74) is 1.99. The number of nitrogens with zero attached hydrogens (tertiary/aromatic N) is 1. The number of amides is 3. The van der Waals surface area contributed by atoms with Crippen molar-refractivity contribution in [1.29, 1.82) is 0 Å². The van der Waals surface area contributed by atoms with Crippen LogP contribution in [0.2, 0.25) is 5.02 Å². The number of benzene rings is 2. The molecule has 3 amide bonds. The average Bonchev–Trinajstić information content (AvgIpc) is 2.62. The molecule has 3 N–H and O–H groups in total. The van der Waals surface area contributed by atoms with E-state index in [2.05, 4.69) is 15.4 Å². The Kier molecular flexibility index (Phi) is 5.83. The fourth-order valence-electron chi connectivity index (χ4n) is 2.87. The highest BCUT2D eigenvalue weighted by atomic mass is 35.5. The van der Waals surface area contributed by atoms with Crippen LogP contribution in [0, 0.1) is 0 Å². The molecule has 0 spiro atoms. The summed E-state index contributed by atoms with van der Waals surface area (Å²) in [6.07, 6.45) is 0. The second-order valence-corrected chi connectivity index (χ2v) is 9.15. The molecule has 1 aliphatic rings. The number of anilines is 2. The van der Waals surface area contributed by atoms with Crippen molar-refractivity contribution in [3.63, 3.8) is 0 Å². The third kappa shape index (κ3) is 4.69. The van der Waals surface area contributed by atoms with Crippen LogP contribution in [0.1, 0.15) is 29.8 Å². The summed E-state index contributed by atoms with van der Waals surface area (Å²) in [4.78, 5) is 26.0. The molecular formula is C19H21ClN4O4S. The summed E-state index contributed by atoms with van der Waals surface area (Å²) in [5.74, 6) is -0.559. The standard InChI is InChI=1S/C19H21ClN4O4S/c1-11(2)23-29(27,28)14-6-7-16(20)15(9-14)18(25)21-13-5-4-12-10-24(3)19(26)22-17(12)8-13/h4-9,11,23H,10H2,1-3H3,(H,21,25)(H,22,26). The lowest BCUT2D eigenvalue weighted by molar-refractivity contribution is 0.102. The summed E-state index contributed by atoms with van der Waals surface area (Å²) in [5, 5.41) is 5.56. The predicted molar refractivity (Wildman–Crippen MR) is 112 cm³/mol. The molecule has 2 aromatic carbocycles. The van der Waals surface area contributed by atoms with Crippen LogP contribution in [0.5, 0.6) is 0 Å². The zero-order valence-electron chi connectivity index (χ0n) is 16.1. The molecule has 0 saturated heterocycles. The Labute approximate surface area is 174 Å². The van der Waals surface area contributed by atoms with Gasteiger partial charge < -0.3 is 15.5 Å². The Hall–Kier alpha value is -2.62. The van der Waals surface area contributed by atoms with Gasteiger partial charge in [-0.15, -0.1) is 0 Å². The van der Waals surface area contributed by atoms with E-state index < -0.39 is 15.9 Å². The summed E-state index contributed by atoms with van der Waals surface area (Å²) >= 11 is 6.13. The van der Waals surface area contributed by atoms with Gasteiger partial charge in [0.25, 0.3) is 5.91 Å². The van der Waals surface area contributed by atoms with E-state index in [1.165, 1.54) is 23.1 Å². The Morgan fingerprint density at radius 1 is 1.21 bits per heavy atom. The van der Waals surface area contributed by atoms with Crippen LogP contribution < -0.4 is 15.4 Å². The highest BCUT2D eigenvalue weighted by Crippen LogP contribution is 2.27. The van der Waals surface area contributed by atoms with Gasteiger partial charge in [-0.3, -0.25) is 4.79 Å². The maximum atomic E-state index is 12.7. The second kappa shape index (κ2) is 8.02. The molecule has 3 rings (SSSR count). The van der Waals surface area contributed by atoms with E-state index in [0.717, 1.165) is 5.56 Å². The molecule has 0 saturated carbocycles. The molecule has 0 fully saturated rings. The lowest BCUT2D eigenvalue weighted by Gasteiger charge is -2.26. The SMILES string of the molecule is CC(C)NS(=O)(=O)c1ccc(Cl)c(C(=O)Nc2ccc3c(c2)NC(=O)N(C)C3)c1. The van der Waals surface area contributed by atoms with E-state index in [1.54, 1.807) is 39.1 Å². The maximum absolute atomic E-state index is 12.7. The number of hydrogen-bond donors (Lipinski definition) is 3. The molecule has 0 radical (unpaired) electrons. The quantitative estimate of drug-likeness (QED) is 0.668. The van der Waals surface area contributed by atoms with Crippen LogP contribution in [0.15, 0.2) is 41.3 Å². The molecule has 0 bridgehead atoms. The number of urea groups is 1. The first-order chi connectivity index (χ1) is 13.6. The van der Waals surface area contributed by atoms with Crippen LogP contribution in [0.25, 0.3) is 0 Å². The molecule has 0 unspecified atom stereocenters. The first-order valence-corrected chi connectivity index (χ1v) is 10.7.